The molecule has 2 nitrogen and oxygen atoms in total. The topological polar surface area (TPSA) is 20.3 Å². The average molecular weight is 248 g/mol. The van der Waals surface area contributed by atoms with Gasteiger partial charge in [0.1, 0.15) is 5.03 Å². The third kappa shape index (κ3) is 2.13. The number of halogens is 1. The van der Waals surface area contributed by atoms with Crippen LogP contribution >= 0.6 is 11.6 Å². The molecule has 1 aliphatic heterocycles. The van der Waals surface area contributed by atoms with Crippen LogP contribution in [0.2, 0.25) is 0 Å². The van der Waals surface area contributed by atoms with Gasteiger partial charge in [0.2, 0.25) is 0 Å². The smallest absolute Gasteiger partial charge is 0.270 e. The molecule has 0 unspecified atom stereocenters. The normalized spacial score (nSPS) is 18.4. The van der Waals surface area contributed by atoms with Crippen molar-refractivity contribution in [3.8, 4) is 0 Å². The minimum Gasteiger partial charge on any atom is -0.303 e. The molecule has 1 aromatic carbocycles. The maximum atomic E-state index is 12.0. The van der Waals surface area contributed by atoms with Crippen molar-refractivity contribution in [2.24, 2.45) is 0 Å². The lowest BCUT2D eigenvalue weighted by Gasteiger charge is -2.19. The largest absolute Gasteiger partial charge is 0.303 e. The molecule has 0 saturated heterocycles. The first-order valence-corrected chi connectivity index (χ1v) is 5.91. The molecule has 1 amide bonds. The third-order valence-corrected chi connectivity index (χ3v) is 3.34. The fourth-order valence-corrected chi connectivity index (χ4v) is 2.20. The second kappa shape index (κ2) is 4.76. The lowest BCUT2D eigenvalue weighted by Crippen LogP contribution is -2.24. The summed E-state index contributed by atoms with van der Waals surface area (Å²) in [4.78, 5) is 13.7. The predicted molar refractivity (Wildman–Crippen MR) is 69.3 cm³/mol. The molecule has 0 spiro atoms. The van der Waals surface area contributed by atoms with E-state index >= 15 is 0 Å². The van der Waals surface area contributed by atoms with E-state index in [4.69, 9.17) is 11.6 Å². The number of carbonyl (C=O) groups is 1. The van der Waals surface area contributed by atoms with Crippen molar-refractivity contribution < 1.29 is 4.79 Å². The summed E-state index contributed by atoms with van der Waals surface area (Å²) in [7, 11) is 0. The summed E-state index contributed by atoms with van der Waals surface area (Å²) in [5.41, 5.74) is 2.86. The average Bonchev–Trinajstić information content (AvgIpc) is 2.55. The van der Waals surface area contributed by atoms with Crippen LogP contribution in [0.15, 0.2) is 52.7 Å². The van der Waals surface area contributed by atoms with Crippen LogP contribution < -0.4 is 0 Å². The van der Waals surface area contributed by atoms with Gasteiger partial charge in [-0.05, 0) is 25.0 Å². The van der Waals surface area contributed by atoms with E-state index in [0.29, 0.717) is 11.6 Å². The number of nitrogens with zero attached hydrogens (tertiary/aromatic N) is 1. The van der Waals surface area contributed by atoms with Gasteiger partial charge in [0.05, 0.1) is 6.54 Å². The lowest BCUT2D eigenvalue weighted by atomic mass is 10.2. The van der Waals surface area contributed by atoms with E-state index in [0.717, 1.165) is 16.8 Å². The Morgan fingerprint density at radius 3 is 2.53 bits per heavy atom. The third-order valence-electron chi connectivity index (χ3n) is 2.89. The van der Waals surface area contributed by atoms with E-state index in [1.807, 2.05) is 50.3 Å². The molecule has 1 heterocycles. The van der Waals surface area contributed by atoms with Crippen molar-refractivity contribution in [2.45, 2.75) is 20.4 Å². The fraction of sp³-hybridized carbons (Fsp3) is 0.214. The predicted octanol–water partition coefficient (Wildman–Crippen LogP) is 3.45. The zero-order valence-electron chi connectivity index (χ0n) is 9.90. The molecular formula is C14H14ClNO. The summed E-state index contributed by atoms with van der Waals surface area (Å²) in [5, 5.41) is 0.328. The molecule has 0 radical (unpaired) electrons. The quantitative estimate of drug-likeness (QED) is 0.784. The zero-order chi connectivity index (χ0) is 12.4. The molecule has 17 heavy (non-hydrogen) atoms. The standard InChI is InChI=1S/C14H14ClNO/c1-3-12-10(2)13(15)14(17)16(12)9-11-7-5-4-6-8-11/h3-8H,9H2,1-2H3. The van der Waals surface area contributed by atoms with Gasteiger partial charge in [0.15, 0.2) is 0 Å². The summed E-state index contributed by atoms with van der Waals surface area (Å²) >= 11 is 6.00. The first-order chi connectivity index (χ1) is 8.15. The molecule has 0 aromatic heterocycles. The Morgan fingerprint density at radius 2 is 1.94 bits per heavy atom. The van der Waals surface area contributed by atoms with Crippen molar-refractivity contribution in [1.29, 1.82) is 0 Å². The fourth-order valence-electron chi connectivity index (χ4n) is 2.00. The first-order valence-electron chi connectivity index (χ1n) is 5.54. The molecule has 0 fully saturated rings. The van der Waals surface area contributed by atoms with Crippen LogP contribution in [0, 0.1) is 0 Å². The Kier molecular flexibility index (Phi) is 3.34. The Hall–Kier alpha value is -1.54. The van der Waals surface area contributed by atoms with E-state index in [1.165, 1.54) is 0 Å². The maximum absolute atomic E-state index is 12.0. The summed E-state index contributed by atoms with van der Waals surface area (Å²) in [6.07, 6.45) is 1.92. The van der Waals surface area contributed by atoms with Crippen LogP contribution in [0.5, 0.6) is 0 Å². The van der Waals surface area contributed by atoms with Crippen LogP contribution in [0.25, 0.3) is 0 Å². The van der Waals surface area contributed by atoms with Gasteiger partial charge in [-0.3, -0.25) is 4.79 Å². The molecule has 0 bridgehead atoms. The first kappa shape index (κ1) is 11.9. The van der Waals surface area contributed by atoms with Crippen LogP contribution in [0.1, 0.15) is 19.4 Å². The van der Waals surface area contributed by atoms with Crippen LogP contribution in [0.4, 0.5) is 0 Å². The Balaban J connectivity index is 2.27. The highest BCUT2D eigenvalue weighted by atomic mass is 35.5. The molecule has 88 valence electrons. The number of rotatable bonds is 2. The molecule has 3 heteroatoms. The van der Waals surface area contributed by atoms with E-state index in [1.54, 1.807) is 4.90 Å². The van der Waals surface area contributed by atoms with Gasteiger partial charge in [-0.2, -0.15) is 0 Å². The van der Waals surface area contributed by atoms with E-state index in [-0.39, 0.29) is 5.91 Å². The number of benzene rings is 1. The van der Waals surface area contributed by atoms with Crippen molar-refractivity contribution >= 4 is 17.5 Å². The van der Waals surface area contributed by atoms with Gasteiger partial charge in [0, 0.05) is 5.70 Å². The minimum atomic E-state index is -0.110. The molecule has 0 atom stereocenters. The maximum Gasteiger partial charge on any atom is 0.270 e. The monoisotopic (exact) mass is 247 g/mol. The van der Waals surface area contributed by atoms with E-state index in [2.05, 4.69) is 0 Å². The number of allylic oxidation sites excluding steroid dienone is 2. The van der Waals surface area contributed by atoms with Gasteiger partial charge in [-0.25, -0.2) is 0 Å². The van der Waals surface area contributed by atoms with Crippen molar-refractivity contribution in [1.82, 2.24) is 4.90 Å². The van der Waals surface area contributed by atoms with Crippen LogP contribution in [-0.4, -0.2) is 10.8 Å². The van der Waals surface area contributed by atoms with Crippen molar-refractivity contribution in [2.75, 3.05) is 0 Å². The second-order valence-corrected chi connectivity index (χ2v) is 4.37. The Bertz CT molecular complexity index is 502. The van der Waals surface area contributed by atoms with E-state index < -0.39 is 0 Å². The van der Waals surface area contributed by atoms with Gasteiger partial charge in [0.25, 0.3) is 5.91 Å². The van der Waals surface area contributed by atoms with Crippen LogP contribution in [0.3, 0.4) is 0 Å². The molecule has 0 aliphatic carbocycles. The summed E-state index contributed by atoms with van der Waals surface area (Å²) < 4.78 is 0. The molecule has 2 rings (SSSR count). The Labute approximate surface area is 106 Å². The van der Waals surface area contributed by atoms with Crippen molar-refractivity contribution in [3.63, 3.8) is 0 Å². The molecule has 1 aromatic rings. The molecular weight excluding hydrogens is 234 g/mol. The van der Waals surface area contributed by atoms with E-state index in [9.17, 15) is 4.79 Å². The number of hydrogen-bond donors (Lipinski definition) is 0. The highest BCUT2D eigenvalue weighted by molar-refractivity contribution is 6.43. The summed E-state index contributed by atoms with van der Waals surface area (Å²) in [5.74, 6) is -0.110. The highest BCUT2D eigenvalue weighted by Gasteiger charge is 2.30. The molecule has 1 aliphatic rings. The SMILES string of the molecule is CC=C1C(C)=C(Cl)C(=O)N1Cc1ccccc1. The number of hydrogen-bond acceptors (Lipinski definition) is 1. The van der Waals surface area contributed by atoms with Crippen molar-refractivity contribution in [3.05, 3.63) is 58.3 Å². The van der Waals surface area contributed by atoms with Gasteiger partial charge >= 0.3 is 0 Å². The number of amides is 1. The summed E-state index contributed by atoms with van der Waals surface area (Å²) in [6, 6.07) is 9.90. The van der Waals surface area contributed by atoms with Gasteiger partial charge < -0.3 is 4.90 Å². The second-order valence-electron chi connectivity index (χ2n) is 3.99. The lowest BCUT2D eigenvalue weighted by molar-refractivity contribution is -0.124. The zero-order valence-corrected chi connectivity index (χ0v) is 10.7. The van der Waals surface area contributed by atoms with Gasteiger partial charge in [-0.1, -0.05) is 48.0 Å². The van der Waals surface area contributed by atoms with Crippen LogP contribution in [-0.2, 0) is 11.3 Å². The molecule has 0 saturated carbocycles. The highest BCUT2D eigenvalue weighted by Crippen LogP contribution is 2.32. The Morgan fingerprint density at radius 1 is 1.29 bits per heavy atom. The summed E-state index contributed by atoms with van der Waals surface area (Å²) in [6.45, 7) is 4.35. The minimum absolute atomic E-state index is 0.110. The number of carbonyl (C=O) groups excluding carboxylic acids is 1. The molecule has 0 N–H and O–H groups in total. The van der Waals surface area contributed by atoms with Gasteiger partial charge in [-0.15, -0.1) is 0 Å².